The predicted molar refractivity (Wildman–Crippen MR) is 396 cm³/mol. The van der Waals surface area contributed by atoms with E-state index < -0.39 is 34.7 Å². The Morgan fingerprint density at radius 3 is 1.01 bits per heavy atom. The van der Waals surface area contributed by atoms with Crippen LogP contribution in [0.1, 0.15) is 209 Å². The van der Waals surface area contributed by atoms with Crippen LogP contribution >= 0.6 is 0 Å². The van der Waals surface area contributed by atoms with E-state index in [1.165, 1.54) is 41.0 Å². The highest BCUT2D eigenvalue weighted by atomic mass is 19.1. The Hall–Kier alpha value is -7.58. The summed E-state index contributed by atoms with van der Waals surface area (Å²) in [4.78, 5) is 0. The molecule has 0 fully saturated rings. The maximum Gasteiger partial charge on any atom is 0.238 e. The first-order valence-corrected chi connectivity index (χ1v) is 33.8. The predicted octanol–water partition coefficient (Wildman–Crippen LogP) is 25.1. The normalized spacial score (nSPS) is 13.9. The Balaban J connectivity index is 1.12. The Bertz CT molecular complexity index is 4520. The maximum atomic E-state index is 16.6. The van der Waals surface area contributed by atoms with Gasteiger partial charge in [0.15, 0.2) is 12.2 Å². The summed E-state index contributed by atoms with van der Waals surface area (Å²) in [5.74, 6) is 0.372. The zero-order valence-electron chi connectivity index (χ0n) is 61.1. The van der Waals surface area contributed by atoms with E-state index in [0.717, 1.165) is 73.1 Å². The number of rotatable bonds is 14. The number of phenolic OH excluding ortho intramolecular Hbond substituents is 2. The molecule has 2 aromatic heterocycles. The number of hydrogen-bond acceptors (Lipinski definition) is 2. The molecule has 10 aromatic rings. The summed E-state index contributed by atoms with van der Waals surface area (Å²) in [5, 5.41) is 31.1. The van der Waals surface area contributed by atoms with Crippen LogP contribution in [0.5, 0.6) is 23.0 Å². The van der Waals surface area contributed by atoms with E-state index >= 15 is 8.78 Å². The number of halogens is 2. The minimum atomic E-state index is -0.438. The molecule has 0 saturated carbocycles. The third kappa shape index (κ3) is 13.3. The summed E-state index contributed by atoms with van der Waals surface area (Å²) in [7, 11) is 9.41. The minimum absolute atomic E-state index is 0.0246. The first-order valence-electron chi connectivity index (χ1n) is 33.8. The van der Waals surface area contributed by atoms with Crippen LogP contribution in [0.3, 0.4) is 0 Å². The van der Waals surface area contributed by atoms with Gasteiger partial charge in [-0.1, -0.05) is 180 Å². The third-order valence-corrected chi connectivity index (χ3v) is 19.7. The largest absolute Gasteiger partial charge is 0.709 e. The Morgan fingerprint density at radius 2 is 0.702 bits per heavy atom. The van der Waals surface area contributed by atoms with Crippen LogP contribution in [0.25, 0.3) is 77.2 Å². The first kappa shape index (κ1) is 69.3. The molecule has 0 bridgehead atoms. The highest BCUT2D eigenvalue weighted by Gasteiger charge is 2.36. The summed E-state index contributed by atoms with van der Waals surface area (Å²) in [6.45, 7) is 52.6. The van der Waals surface area contributed by atoms with Crippen molar-refractivity contribution in [1.29, 1.82) is 0 Å². The van der Waals surface area contributed by atoms with Gasteiger partial charge in [0.2, 0.25) is 11.5 Å². The van der Waals surface area contributed by atoms with Crippen LogP contribution < -0.4 is 0 Å². The average Bonchev–Trinajstić information content (AvgIpc) is 1.52. The smallest absolute Gasteiger partial charge is 0.238 e. The van der Waals surface area contributed by atoms with Gasteiger partial charge in [-0.15, -0.1) is 0 Å². The quantitative estimate of drug-likeness (QED) is 0.0842. The number of phenols is 2. The molecule has 0 aliphatic rings. The lowest BCUT2D eigenvalue weighted by Gasteiger charge is -2.41. The fraction of sp³-hybridized carbons (Fsp3) is 0.419. The van der Waals surface area contributed by atoms with Gasteiger partial charge in [-0.2, -0.15) is 0 Å². The van der Waals surface area contributed by atoms with Crippen molar-refractivity contribution in [2.45, 2.75) is 225 Å². The zero-order chi connectivity index (χ0) is 69.4. The van der Waals surface area contributed by atoms with Crippen molar-refractivity contribution in [2.24, 2.45) is 10.8 Å². The van der Waals surface area contributed by atoms with Gasteiger partial charge in [-0.3, -0.25) is 0 Å². The molecule has 0 aliphatic carbocycles. The molecule has 0 radical (unpaired) electrons. The fourth-order valence-electron chi connectivity index (χ4n) is 15.4. The Morgan fingerprint density at radius 1 is 0.394 bits per heavy atom. The average molecular weight is 1270 g/mol. The molecule has 0 aliphatic heterocycles. The van der Waals surface area contributed by atoms with Gasteiger partial charge in [0.05, 0.1) is 44.6 Å². The molecule has 10 rings (SSSR count). The van der Waals surface area contributed by atoms with E-state index in [1.54, 1.807) is 0 Å². The van der Waals surface area contributed by atoms with Crippen LogP contribution in [0, 0.1) is 57.5 Å². The summed E-state index contributed by atoms with van der Waals surface area (Å²) in [6, 6.07) is 41.1. The summed E-state index contributed by atoms with van der Waals surface area (Å²) in [5.41, 5.74) is 13.5. The molecule has 0 spiro atoms. The lowest BCUT2D eigenvalue weighted by atomic mass is 9.71. The second-order valence-electron chi connectivity index (χ2n) is 34.6. The summed E-state index contributed by atoms with van der Waals surface area (Å²) < 4.78 is 43.9. The van der Waals surface area contributed by atoms with Crippen molar-refractivity contribution in [1.82, 2.24) is 9.13 Å². The maximum absolute atomic E-state index is 16.6. The van der Waals surface area contributed by atoms with Crippen LogP contribution in [0.2, 0.25) is 0 Å². The van der Waals surface area contributed by atoms with Crippen LogP contribution in [-0.2, 0) is 35.8 Å². The fourth-order valence-corrected chi connectivity index (χ4v) is 15.4. The number of aromatic nitrogens is 2. The number of nitrogens with zero attached hydrogens (tertiary/aromatic N) is 2. The van der Waals surface area contributed by atoms with Gasteiger partial charge >= 0.3 is 0 Å². The highest BCUT2D eigenvalue weighted by Crippen LogP contribution is 2.54. The van der Waals surface area contributed by atoms with Gasteiger partial charge in [-0.05, 0) is 192 Å². The van der Waals surface area contributed by atoms with Gasteiger partial charge < -0.3 is 28.1 Å². The minimum Gasteiger partial charge on any atom is -0.709 e. The molecular formula is C86H106F2N2O4. The van der Waals surface area contributed by atoms with E-state index in [9.17, 15) is 10.2 Å². The van der Waals surface area contributed by atoms with E-state index in [-0.39, 0.29) is 38.6 Å². The number of aromatic hydroxyl groups is 2. The van der Waals surface area contributed by atoms with Gasteiger partial charge in [0.25, 0.3) is 0 Å². The standard InChI is InChI=1S/C86H106F2N2O4/c1-50-27-31-62-63-32-28-55(82(12,13)14)41-71(63)89(70(62)35-50)74-44-58(85(21,22)48-80(6,7)8)39-66(76(74)91)68-46-60(87)36-51(2)78(68)93(25)53(4)38-54(5)94(26)79-52(3)37-61(88)47-69(79)67-40-59(86(23,24)49-81(9,10)11)45-75(77(67)92)90-72-42-56(83(15,16)17)29-33-64(72)65-34-30-57(43-73(65)90)84(18,19)20/h27-37,39-47,53-54,91-92H,25-26,38,48-49H2,1-24H3/t53-,54-/m1/s1. The Labute approximate surface area is 561 Å². The second-order valence-corrected chi connectivity index (χ2v) is 34.6. The number of fused-ring (bicyclic) bond motifs is 6. The SMILES string of the molecule is [CH2-][O+](c1c(C)cc(F)cc1-c1cc(C(C)(C)CC(C)(C)C)cc(-n2c3cc(C)ccc3c3ccc(C(C)(C)C)cc32)c1O)[C@H](C)C[C@@H](C)[O+]([CH2-])c1c(C)cc(F)cc1-c1cc(C(C)(C)CC(C)(C)C)cc(-n2c3cc(C(C)(C)C)ccc3c3ccc(C(C)(C)C)cc32)c1O. The molecule has 0 unspecified atom stereocenters. The molecule has 0 saturated heterocycles. The molecule has 6 nitrogen and oxygen atoms in total. The monoisotopic (exact) mass is 1270 g/mol. The van der Waals surface area contributed by atoms with E-state index in [2.05, 4.69) is 267 Å². The van der Waals surface area contributed by atoms with E-state index in [4.69, 9.17) is 14.2 Å². The molecule has 8 aromatic carbocycles. The van der Waals surface area contributed by atoms with Gasteiger partial charge in [0, 0.05) is 57.6 Å². The van der Waals surface area contributed by atoms with Crippen molar-refractivity contribution >= 4 is 43.6 Å². The highest BCUT2D eigenvalue weighted by molar-refractivity contribution is 6.11. The van der Waals surface area contributed by atoms with Crippen molar-refractivity contribution < 1.29 is 27.7 Å². The van der Waals surface area contributed by atoms with E-state index in [1.807, 2.05) is 13.8 Å². The van der Waals surface area contributed by atoms with Crippen LogP contribution in [0.4, 0.5) is 8.78 Å². The lowest BCUT2D eigenvalue weighted by Crippen LogP contribution is -2.26. The summed E-state index contributed by atoms with van der Waals surface area (Å²) >= 11 is 0. The lowest BCUT2D eigenvalue weighted by molar-refractivity contribution is -0.0945. The zero-order valence-corrected chi connectivity index (χ0v) is 61.1. The van der Waals surface area contributed by atoms with E-state index in [0.29, 0.717) is 62.7 Å². The number of hydrogen-bond donors (Lipinski definition) is 2. The molecule has 0 amide bonds. The van der Waals surface area contributed by atoms with Crippen LogP contribution in [0.15, 0.2) is 121 Å². The second kappa shape index (κ2) is 24.0. The molecule has 94 heavy (non-hydrogen) atoms. The third-order valence-electron chi connectivity index (χ3n) is 19.7. The molecule has 8 heteroatoms. The molecular weight excluding hydrogens is 1160 g/mol. The molecule has 2 heterocycles. The molecule has 2 atom stereocenters. The Kier molecular flexibility index (Phi) is 17.6. The van der Waals surface area contributed by atoms with Crippen molar-refractivity contribution in [3.8, 4) is 56.6 Å². The number of aryl methyl sites for hydroxylation is 3. The van der Waals surface area contributed by atoms with Crippen molar-refractivity contribution in [2.75, 3.05) is 0 Å². The molecule has 2 N–H and O–H groups in total. The number of benzene rings is 8. The molecule has 498 valence electrons. The van der Waals surface area contributed by atoms with Crippen molar-refractivity contribution in [3.05, 3.63) is 192 Å². The summed E-state index contributed by atoms with van der Waals surface area (Å²) in [6.07, 6.45) is 1.30. The van der Waals surface area contributed by atoms with Gasteiger partial charge in [0.1, 0.15) is 29.6 Å². The first-order chi connectivity index (χ1) is 43.3. The topological polar surface area (TPSA) is 55.7 Å². The van der Waals surface area contributed by atoms with Crippen LogP contribution in [-0.4, -0.2) is 31.6 Å². The van der Waals surface area contributed by atoms with Gasteiger partial charge in [-0.25, -0.2) is 8.78 Å². The van der Waals surface area contributed by atoms with Crippen molar-refractivity contribution in [3.63, 3.8) is 0 Å².